The Hall–Kier alpha value is -0.0900. The van der Waals surface area contributed by atoms with Gasteiger partial charge >= 0.3 is 0 Å². The number of rotatable bonds is 2. The molecule has 0 aliphatic heterocycles. The second-order valence-electron chi connectivity index (χ2n) is 5.34. The predicted molar refractivity (Wildman–Crippen MR) is 66.0 cm³/mol. The highest BCUT2D eigenvalue weighted by Gasteiger charge is 2.38. The molecule has 0 amide bonds. The van der Waals surface area contributed by atoms with E-state index < -0.39 is 9.84 Å². The van der Waals surface area contributed by atoms with Crippen molar-refractivity contribution in [1.82, 2.24) is 0 Å². The van der Waals surface area contributed by atoms with E-state index in [0.717, 1.165) is 51.4 Å². The van der Waals surface area contributed by atoms with Gasteiger partial charge in [0.05, 0.1) is 10.5 Å². The van der Waals surface area contributed by atoms with Crippen LogP contribution in [0, 0.1) is 0 Å². The Kier molecular flexibility index (Phi) is 3.90. The van der Waals surface area contributed by atoms with Gasteiger partial charge in [0.1, 0.15) is 0 Å². The van der Waals surface area contributed by atoms with Crippen molar-refractivity contribution in [2.24, 2.45) is 5.73 Å². The van der Waals surface area contributed by atoms with E-state index in [9.17, 15) is 8.42 Å². The van der Waals surface area contributed by atoms with E-state index in [1.54, 1.807) is 0 Å². The van der Waals surface area contributed by atoms with Crippen molar-refractivity contribution in [3.8, 4) is 0 Å². The lowest BCUT2D eigenvalue weighted by Crippen LogP contribution is -2.46. The third kappa shape index (κ3) is 2.43. The number of hydrogen-bond acceptors (Lipinski definition) is 3. The van der Waals surface area contributed by atoms with Gasteiger partial charge < -0.3 is 5.73 Å². The molecule has 2 unspecified atom stereocenters. The van der Waals surface area contributed by atoms with Gasteiger partial charge in [-0.1, -0.05) is 32.1 Å². The molecule has 3 nitrogen and oxygen atoms in total. The van der Waals surface area contributed by atoms with Crippen LogP contribution in [0.15, 0.2) is 0 Å². The highest BCUT2D eigenvalue weighted by molar-refractivity contribution is 7.92. The van der Waals surface area contributed by atoms with Crippen molar-refractivity contribution in [2.45, 2.75) is 74.3 Å². The Labute approximate surface area is 98.7 Å². The van der Waals surface area contributed by atoms with E-state index in [1.807, 2.05) is 0 Å². The quantitative estimate of drug-likeness (QED) is 0.809. The zero-order valence-electron chi connectivity index (χ0n) is 9.90. The predicted octanol–water partition coefficient (Wildman–Crippen LogP) is 2.00. The van der Waals surface area contributed by atoms with Crippen molar-refractivity contribution in [2.75, 3.05) is 0 Å². The van der Waals surface area contributed by atoms with Crippen LogP contribution in [-0.4, -0.2) is 25.0 Å². The fourth-order valence-corrected chi connectivity index (χ4v) is 5.78. The van der Waals surface area contributed by atoms with Gasteiger partial charge in [-0.25, -0.2) is 8.42 Å². The van der Waals surface area contributed by atoms with Crippen LogP contribution in [0.5, 0.6) is 0 Å². The van der Waals surface area contributed by atoms with Crippen LogP contribution in [0.2, 0.25) is 0 Å². The Bertz CT molecular complexity index is 320. The summed E-state index contributed by atoms with van der Waals surface area (Å²) in [6.45, 7) is 0. The van der Waals surface area contributed by atoms with Crippen LogP contribution in [0.3, 0.4) is 0 Å². The van der Waals surface area contributed by atoms with Gasteiger partial charge in [0.2, 0.25) is 0 Å². The number of sulfone groups is 1. The fraction of sp³-hybridized carbons (Fsp3) is 1.00. The molecule has 0 heterocycles. The maximum atomic E-state index is 12.5. The number of hydrogen-bond donors (Lipinski definition) is 1. The first-order chi connectivity index (χ1) is 7.62. The third-order valence-corrected chi connectivity index (χ3v) is 7.02. The maximum Gasteiger partial charge on any atom is 0.157 e. The molecule has 0 aromatic rings. The molecule has 2 fully saturated rings. The SMILES string of the molecule is NC1CCCCC1S(=O)(=O)C1CCCCC1. The average Bonchev–Trinajstić information content (AvgIpc) is 2.30. The maximum absolute atomic E-state index is 12.5. The Morgan fingerprint density at radius 1 is 0.812 bits per heavy atom. The highest BCUT2D eigenvalue weighted by Crippen LogP contribution is 2.31. The largest absolute Gasteiger partial charge is 0.327 e. The molecule has 94 valence electrons. The molecule has 2 atom stereocenters. The topological polar surface area (TPSA) is 60.2 Å². The highest BCUT2D eigenvalue weighted by atomic mass is 32.2. The smallest absolute Gasteiger partial charge is 0.157 e. The molecule has 2 rings (SSSR count). The Morgan fingerprint density at radius 2 is 1.38 bits per heavy atom. The van der Waals surface area contributed by atoms with Crippen LogP contribution in [-0.2, 0) is 9.84 Å². The summed E-state index contributed by atoms with van der Waals surface area (Å²) in [5.41, 5.74) is 5.99. The lowest BCUT2D eigenvalue weighted by atomic mass is 9.96. The minimum Gasteiger partial charge on any atom is -0.327 e. The summed E-state index contributed by atoms with van der Waals surface area (Å²) in [7, 11) is -2.96. The molecule has 0 radical (unpaired) electrons. The first-order valence-electron chi connectivity index (χ1n) is 6.60. The fourth-order valence-electron chi connectivity index (χ4n) is 3.17. The molecular weight excluding hydrogens is 222 g/mol. The second-order valence-corrected chi connectivity index (χ2v) is 7.79. The normalized spacial score (nSPS) is 33.8. The van der Waals surface area contributed by atoms with Crippen LogP contribution >= 0.6 is 0 Å². The minimum absolute atomic E-state index is 0.0876. The summed E-state index contributed by atoms with van der Waals surface area (Å²) in [6, 6.07) is -0.110. The van der Waals surface area contributed by atoms with E-state index in [1.165, 1.54) is 6.42 Å². The monoisotopic (exact) mass is 245 g/mol. The summed E-state index contributed by atoms with van der Waals surface area (Å²) in [5.74, 6) is 0. The van der Waals surface area contributed by atoms with Crippen LogP contribution < -0.4 is 5.73 Å². The molecule has 2 aliphatic rings. The minimum atomic E-state index is -2.96. The van der Waals surface area contributed by atoms with Crippen LogP contribution in [0.4, 0.5) is 0 Å². The standard InChI is InChI=1S/C12H23NO2S/c13-11-8-4-5-9-12(11)16(14,15)10-6-2-1-3-7-10/h10-12H,1-9,13H2. The summed E-state index contributed by atoms with van der Waals surface area (Å²) in [4.78, 5) is 0. The zero-order chi connectivity index (χ0) is 11.6. The van der Waals surface area contributed by atoms with E-state index in [0.29, 0.717) is 0 Å². The molecule has 2 saturated carbocycles. The lowest BCUT2D eigenvalue weighted by Gasteiger charge is -2.33. The van der Waals surface area contributed by atoms with Crippen LogP contribution in [0.25, 0.3) is 0 Å². The molecule has 4 heteroatoms. The van der Waals surface area contributed by atoms with E-state index in [-0.39, 0.29) is 16.5 Å². The molecule has 2 aliphatic carbocycles. The van der Waals surface area contributed by atoms with Crippen molar-refractivity contribution in [3.05, 3.63) is 0 Å². The average molecular weight is 245 g/mol. The van der Waals surface area contributed by atoms with E-state index in [4.69, 9.17) is 5.73 Å². The first kappa shape index (κ1) is 12.4. The molecule has 16 heavy (non-hydrogen) atoms. The summed E-state index contributed by atoms with van der Waals surface area (Å²) in [5, 5.41) is -0.334. The molecule has 0 spiro atoms. The molecule has 0 aromatic heterocycles. The lowest BCUT2D eigenvalue weighted by molar-refractivity contribution is 0.416. The van der Waals surface area contributed by atoms with Crippen molar-refractivity contribution >= 4 is 9.84 Å². The molecule has 0 aromatic carbocycles. The van der Waals surface area contributed by atoms with Gasteiger partial charge in [-0.15, -0.1) is 0 Å². The van der Waals surface area contributed by atoms with E-state index >= 15 is 0 Å². The van der Waals surface area contributed by atoms with Crippen molar-refractivity contribution < 1.29 is 8.42 Å². The van der Waals surface area contributed by atoms with Gasteiger partial charge in [0.15, 0.2) is 9.84 Å². The van der Waals surface area contributed by atoms with Crippen molar-refractivity contribution in [3.63, 3.8) is 0 Å². The summed E-state index contributed by atoms with van der Waals surface area (Å²) < 4.78 is 24.9. The first-order valence-corrected chi connectivity index (χ1v) is 8.21. The van der Waals surface area contributed by atoms with Gasteiger partial charge in [-0.3, -0.25) is 0 Å². The van der Waals surface area contributed by atoms with Gasteiger partial charge in [-0.05, 0) is 25.7 Å². The molecule has 0 saturated heterocycles. The molecule has 2 N–H and O–H groups in total. The van der Waals surface area contributed by atoms with Crippen molar-refractivity contribution in [1.29, 1.82) is 0 Å². The molecule has 0 bridgehead atoms. The number of nitrogens with two attached hydrogens (primary N) is 1. The summed E-state index contributed by atoms with van der Waals surface area (Å²) in [6.07, 6.45) is 8.89. The second kappa shape index (κ2) is 5.05. The van der Waals surface area contributed by atoms with E-state index in [2.05, 4.69) is 0 Å². The Balaban J connectivity index is 2.10. The Morgan fingerprint density at radius 3 is 2.00 bits per heavy atom. The van der Waals surface area contributed by atoms with Gasteiger partial charge in [0, 0.05) is 6.04 Å². The van der Waals surface area contributed by atoms with Gasteiger partial charge in [-0.2, -0.15) is 0 Å². The molecular formula is C12H23NO2S. The zero-order valence-corrected chi connectivity index (χ0v) is 10.7. The van der Waals surface area contributed by atoms with Crippen LogP contribution in [0.1, 0.15) is 57.8 Å². The summed E-state index contributed by atoms with van der Waals surface area (Å²) >= 11 is 0. The van der Waals surface area contributed by atoms with Gasteiger partial charge in [0.25, 0.3) is 0 Å². The third-order valence-electron chi connectivity index (χ3n) is 4.19.